The summed E-state index contributed by atoms with van der Waals surface area (Å²) in [5.41, 5.74) is 0.651. The van der Waals surface area contributed by atoms with Crippen molar-refractivity contribution in [3.8, 4) is 6.07 Å². The van der Waals surface area contributed by atoms with Gasteiger partial charge in [0.1, 0.15) is 6.04 Å². The molecule has 0 spiro atoms. The Morgan fingerprint density at radius 1 is 1.71 bits per heavy atom. The van der Waals surface area contributed by atoms with Crippen molar-refractivity contribution in [1.29, 1.82) is 5.26 Å². The Kier molecular flexibility index (Phi) is 5.34. The Hall–Kier alpha value is -1.54. The van der Waals surface area contributed by atoms with Crippen molar-refractivity contribution in [2.45, 2.75) is 19.9 Å². The first kappa shape index (κ1) is 12.5. The Morgan fingerprint density at radius 2 is 2.29 bits per heavy atom. The van der Waals surface area contributed by atoms with Crippen LogP contribution in [-0.2, 0) is 9.63 Å². The SMILES string of the molecule is CON(C)C(=O)C(C)NC(C)=CC#N. The lowest BCUT2D eigenvalue weighted by Crippen LogP contribution is -2.41. The van der Waals surface area contributed by atoms with Crippen molar-refractivity contribution in [1.82, 2.24) is 10.4 Å². The van der Waals surface area contributed by atoms with Gasteiger partial charge in [-0.05, 0) is 13.8 Å². The number of allylic oxidation sites excluding steroid dienone is 2. The van der Waals surface area contributed by atoms with Gasteiger partial charge in [0, 0.05) is 18.8 Å². The summed E-state index contributed by atoms with van der Waals surface area (Å²) in [5.74, 6) is -0.196. The third-order valence-corrected chi connectivity index (χ3v) is 1.68. The topological polar surface area (TPSA) is 65.4 Å². The lowest BCUT2D eigenvalue weighted by atomic mass is 10.3. The molecule has 0 aliphatic rings. The van der Waals surface area contributed by atoms with Gasteiger partial charge in [-0.15, -0.1) is 0 Å². The molecule has 78 valence electrons. The average molecular weight is 197 g/mol. The molecule has 1 N–H and O–H groups in total. The zero-order chi connectivity index (χ0) is 11.1. The van der Waals surface area contributed by atoms with Gasteiger partial charge in [0.25, 0.3) is 5.91 Å². The molecule has 0 rings (SSSR count). The molecule has 0 aliphatic heterocycles. The average Bonchev–Trinajstić information content (AvgIpc) is 2.15. The van der Waals surface area contributed by atoms with Crippen molar-refractivity contribution in [3.63, 3.8) is 0 Å². The first-order valence-corrected chi connectivity index (χ1v) is 4.17. The molecule has 1 unspecified atom stereocenters. The summed E-state index contributed by atoms with van der Waals surface area (Å²) in [7, 11) is 2.95. The quantitative estimate of drug-likeness (QED) is 0.523. The van der Waals surface area contributed by atoms with E-state index in [0.29, 0.717) is 5.70 Å². The molecule has 0 fully saturated rings. The fourth-order valence-corrected chi connectivity index (χ4v) is 0.904. The molecule has 5 nitrogen and oxygen atoms in total. The number of nitriles is 1. The molecule has 0 aromatic rings. The van der Waals surface area contributed by atoms with Crippen molar-refractivity contribution in [2.75, 3.05) is 14.2 Å². The molecule has 0 aromatic carbocycles. The lowest BCUT2D eigenvalue weighted by Gasteiger charge is -2.20. The van der Waals surface area contributed by atoms with Gasteiger partial charge in [-0.1, -0.05) is 0 Å². The molecule has 5 heteroatoms. The molecule has 0 saturated heterocycles. The highest BCUT2D eigenvalue weighted by molar-refractivity contribution is 5.80. The van der Waals surface area contributed by atoms with Crippen LogP contribution in [-0.4, -0.2) is 31.2 Å². The standard InChI is InChI=1S/C9H15N3O2/c1-7(5-6-10)11-8(2)9(13)12(3)14-4/h5,8,11H,1-4H3. The summed E-state index contributed by atoms with van der Waals surface area (Å²) in [5, 5.41) is 12.4. The zero-order valence-corrected chi connectivity index (χ0v) is 8.87. The first-order chi connectivity index (χ1) is 6.52. The molecule has 0 bridgehead atoms. The second kappa shape index (κ2) is 6.00. The molecule has 14 heavy (non-hydrogen) atoms. The third kappa shape index (κ3) is 3.92. The summed E-state index contributed by atoms with van der Waals surface area (Å²) in [4.78, 5) is 16.2. The molecule has 0 aliphatic carbocycles. The number of carbonyl (C=O) groups excluding carboxylic acids is 1. The number of carbonyl (C=O) groups is 1. The minimum Gasteiger partial charge on any atom is -0.377 e. The molecule has 1 amide bonds. The first-order valence-electron chi connectivity index (χ1n) is 4.17. The van der Waals surface area contributed by atoms with Crippen molar-refractivity contribution in [3.05, 3.63) is 11.8 Å². The number of hydrogen-bond acceptors (Lipinski definition) is 4. The van der Waals surface area contributed by atoms with Crippen molar-refractivity contribution < 1.29 is 9.63 Å². The predicted molar refractivity (Wildman–Crippen MR) is 51.7 cm³/mol. The highest BCUT2D eigenvalue weighted by Gasteiger charge is 2.16. The number of hydroxylamine groups is 2. The number of amides is 1. The number of nitrogens with zero attached hydrogens (tertiary/aromatic N) is 2. The van der Waals surface area contributed by atoms with Crippen LogP contribution in [0.4, 0.5) is 0 Å². The predicted octanol–water partition coefficient (Wildman–Crippen LogP) is 0.412. The molecule has 0 heterocycles. The highest BCUT2D eigenvalue weighted by Crippen LogP contribution is 1.95. The second-order valence-electron chi connectivity index (χ2n) is 2.84. The van der Waals surface area contributed by atoms with E-state index < -0.39 is 6.04 Å². The fraction of sp³-hybridized carbons (Fsp3) is 0.556. The van der Waals surface area contributed by atoms with E-state index in [4.69, 9.17) is 10.1 Å². The van der Waals surface area contributed by atoms with Crippen LogP contribution >= 0.6 is 0 Å². The monoisotopic (exact) mass is 197 g/mol. The van der Waals surface area contributed by atoms with E-state index in [1.807, 2.05) is 6.07 Å². The summed E-state index contributed by atoms with van der Waals surface area (Å²) in [6, 6.07) is 1.46. The van der Waals surface area contributed by atoms with Crippen LogP contribution in [0.25, 0.3) is 0 Å². The van der Waals surface area contributed by atoms with E-state index in [2.05, 4.69) is 5.32 Å². The Balaban J connectivity index is 4.22. The van der Waals surface area contributed by atoms with E-state index in [1.54, 1.807) is 13.8 Å². The van der Waals surface area contributed by atoms with Crippen LogP contribution in [0, 0.1) is 11.3 Å². The largest absolute Gasteiger partial charge is 0.377 e. The zero-order valence-electron chi connectivity index (χ0n) is 8.87. The molecule has 0 radical (unpaired) electrons. The summed E-state index contributed by atoms with van der Waals surface area (Å²) in [6.07, 6.45) is 1.34. The van der Waals surface area contributed by atoms with E-state index in [1.165, 1.54) is 20.2 Å². The number of likely N-dealkylation sites (N-methyl/N-ethyl adjacent to an activating group) is 1. The van der Waals surface area contributed by atoms with Gasteiger partial charge in [0.05, 0.1) is 13.2 Å². The smallest absolute Gasteiger partial charge is 0.267 e. The van der Waals surface area contributed by atoms with Crippen molar-refractivity contribution >= 4 is 5.91 Å². The van der Waals surface area contributed by atoms with Crippen LogP contribution in [0.5, 0.6) is 0 Å². The molecule has 1 atom stereocenters. The van der Waals surface area contributed by atoms with Gasteiger partial charge >= 0.3 is 0 Å². The maximum absolute atomic E-state index is 11.4. The second-order valence-corrected chi connectivity index (χ2v) is 2.84. The molecular weight excluding hydrogens is 182 g/mol. The highest BCUT2D eigenvalue weighted by atomic mass is 16.7. The van der Waals surface area contributed by atoms with Crippen LogP contribution in [0.1, 0.15) is 13.8 Å². The van der Waals surface area contributed by atoms with E-state index in [9.17, 15) is 4.79 Å². The van der Waals surface area contributed by atoms with E-state index in [-0.39, 0.29) is 5.91 Å². The van der Waals surface area contributed by atoms with Crippen LogP contribution in [0.2, 0.25) is 0 Å². The number of rotatable bonds is 4. The minimum absolute atomic E-state index is 0.196. The normalized spacial score (nSPS) is 12.9. The van der Waals surface area contributed by atoms with Gasteiger partial charge < -0.3 is 5.32 Å². The number of nitrogens with one attached hydrogen (secondary N) is 1. The van der Waals surface area contributed by atoms with E-state index in [0.717, 1.165) is 5.06 Å². The fourth-order valence-electron chi connectivity index (χ4n) is 0.904. The lowest BCUT2D eigenvalue weighted by molar-refractivity contribution is -0.170. The van der Waals surface area contributed by atoms with Gasteiger partial charge in [-0.25, -0.2) is 5.06 Å². The van der Waals surface area contributed by atoms with Gasteiger partial charge in [-0.3, -0.25) is 9.63 Å². The number of hydrogen-bond donors (Lipinski definition) is 1. The minimum atomic E-state index is -0.412. The van der Waals surface area contributed by atoms with Crippen LogP contribution < -0.4 is 5.32 Å². The van der Waals surface area contributed by atoms with E-state index >= 15 is 0 Å². The third-order valence-electron chi connectivity index (χ3n) is 1.68. The summed E-state index contributed by atoms with van der Waals surface area (Å²) < 4.78 is 0. The summed E-state index contributed by atoms with van der Waals surface area (Å²) in [6.45, 7) is 3.42. The van der Waals surface area contributed by atoms with Gasteiger partial charge in [-0.2, -0.15) is 5.26 Å². The molecule has 0 aromatic heterocycles. The molecular formula is C9H15N3O2. The van der Waals surface area contributed by atoms with Crippen LogP contribution in [0.15, 0.2) is 11.8 Å². The van der Waals surface area contributed by atoms with Gasteiger partial charge in [0.2, 0.25) is 0 Å². The molecule has 0 saturated carbocycles. The maximum Gasteiger partial charge on any atom is 0.267 e. The van der Waals surface area contributed by atoms with Crippen molar-refractivity contribution in [2.24, 2.45) is 0 Å². The Labute approximate surface area is 83.9 Å². The van der Waals surface area contributed by atoms with Gasteiger partial charge in [0.15, 0.2) is 0 Å². The summed E-state index contributed by atoms with van der Waals surface area (Å²) >= 11 is 0. The maximum atomic E-state index is 11.4. The van der Waals surface area contributed by atoms with Crippen LogP contribution in [0.3, 0.4) is 0 Å². The Morgan fingerprint density at radius 3 is 2.71 bits per heavy atom. The Bertz CT molecular complexity index is 268.